The van der Waals surface area contributed by atoms with Crippen LogP contribution < -0.4 is 13.7 Å². The number of hydrogen-bond acceptors (Lipinski definition) is 4. The van der Waals surface area contributed by atoms with Crippen LogP contribution in [0, 0.1) is 11.3 Å². The summed E-state index contributed by atoms with van der Waals surface area (Å²) in [5.74, 6) is -0.226. The summed E-state index contributed by atoms with van der Waals surface area (Å²) in [4.78, 5) is 27.8. The molecule has 0 spiro atoms. The number of nitrogens with one attached hydrogen (secondary N) is 2. The molecule has 1 aliphatic rings. The number of hydrogen-bond donors (Lipinski definition) is 2. The molecule has 0 radical (unpaired) electrons. The van der Waals surface area contributed by atoms with Crippen molar-refractivity contribution in [2.75, 3.05) is 11.4 Å². The van der Waals surface area contributed by atoms with Gasteiger partial charge in [0, 0.05) is 29.9 Å². The summed E-state index contributed by atoms with van der Waals surface area (Å²) in [6.07, 6.45) is 1.94. The third kappa shape index (κ3) is 6.02. The molecule has 5 rings (SSSR count). The Bertz CT molecular complexity index is 1590. The van der Waals surface area contributed by atoms with Gasteiger partial charge >= 0.3 is 0 Å². The van der Waals surface area contributed by atoms with Gasteiger partial charge in [-0.3, -0.25) is 13.1 Å². The highest BCUT2D eigenvalue weighted by Gasteiger charge is 2.20. The molecule has 1 atom stereocenters. The number of nitriles is 1. The molecule has 0 fully saturated rings. The summed E-state index contributed by atoms with van der Waals surface area (Å²) >= 11 is 1.87. The number of halogens is 1. The van der Waals surface area contributed by atoms with Gasteiger partial charge in [-0.05, 0) is 90.0 Å². The van der Waals surface area contributed by atoms with Crippen molar-refractivity contribution in [1.29, 1.82) is 5.26 Å². The summed E-state index contributed by atoms with van der Waals surface area (Å²) in [5, 5.41) is 12.1. The standard InChI is InChI=1S/C33H29IN4O2/c1-22(25-13-11-23(20-35)12-14-25)36-32(39)28-15-16-31-27(19-28)8-5-17-38(31)21-24-6-4-7-26(18-24)29-9-2-3-10-30(29)33(40)37-34/h2-4,6-7,9-16,18-19,22H,5,8,17,21H2,1H3,(H,36,39)(H,37,40)/t22-/m0/s1. The zero-order valence-electron chi connectivity index (χ0n) is 22.2. The molecular weight excluding hydrogens is 611 g/mol. The Morgan fingerprint density at radius 1 is 0.975 bits per heavy atom. The first-order chi connectivity index (χ1) is 19.5. The smallest absolute Gasteiger partial charge is 0.260 e. The maximum Gasteiger partial charge on any atom is 0.260 e. The molecule has 0 bridgehead atoms. The van der Waals surface area contributed by atoms with Crippen molar-refractivity contribution in [3.8, 4) is 17.2 Å². The van der Waals surface area contributed by atoms with E-state index in [0.29, 0.717) is 16.7 Å². The highest BCUT2D eigenvalue weighted by atomic mass is 127. The lowest BCUT2D eigenvalue weighted by Gasteiger charge is -2.32. The molecule has 40 heavy (non-hydrogen) atoms. The molecule has 7 heteroatoms. The molecule has 200 valence electrons. The highest BCUT2D eigenvalue weighted by molar-refractivity contribution is 14.1. The van der Waals surface area contributed by atoms with Crippen LogP contribution >= 0.6 is 22.9 Å². The van der Waals surface area contributed by atoms with Gasteiger partial charge in [0.2, 0.25) is 0 Å². The van der Waals surface area contributed by atoms with Gasteiger partial charge in [0.25, 0.3) is 11.8 Å². The first kappa shape index (κ1) is 27.4. The number of anilines is 1. The Balaban J connectivity index is 1.32. The number of fused-ring (bicyclic) bond motifs is 1. The summed E-state index contributed by atoms with van der Waals surface area (Å²) in [6.45, 7) is 3.62. The Kier molecular flexibility index (Phi) is 8.46. The van der Waals surface area contributed by atoms with Crippen LogP contribution in [0.3, 0.4) is 0 Å². The van der Waals surface area contributed by atoms with Crippen molar-refractivity contribution < 1.29 is 9.59 Å². The Morgan fingerprint density at radius 2 is 1.77 bits per heavy atom. The second-order valence-electron chi connectivity index (χ2n) is 9.97. The van der Waals surface area contributed by atoms with Crippen molar-refractivity contribution in [2.45, 2.75) is 32.4 Å². The molecule has 4 aromatic rings. The molecule has 0 saturated heterocycles. The molecule has 2 N–H and O–H groups in total. The van der Waals surface area contributed by atoms with E-state index < -0.39 is 0 Å². The number of carbonyl (C=O) groups is 2. The molecule has 2 amide bonds. The van der Waals surface area contributed by atoms with Crippen LogP contribution in [0.4, 0.5) is 5.69 Å². The third-order valence-electron chi connectivity index (χ3n) is 7.31. The molecule has 6 nitrogen and oxygen atoms in total. The second-order valence-corrected chi connectivity index (χ2v) is 10.5. The fourth-order valence-corrected chi connectivity index (χ4v) is 5.52. The molecular formula is C33H29IN4O2. The maximum atomic E-state index is 13.1. The van der Waals surface area contributed by atoms with E-state index >= 15 is 0 Å². The average Bonchev–Trinajstić information content (AvgIpc) is 3.00. The quantitative estimate of drug-likeness (QED) is 0.173. The molecule has 1 aliphatic heterocycles. The lowest BCUT2D eigenvalue weighted by molar-refractivity contribution is 0.0938. The number of amides is 2. The largest absolute Gasteiger partial charge is 0.367 e. The second kappa shape index (κ2) is 12.3. The molecule has 0 aromatic heterocycles. The topological polar surface area (TPSA) is 85.2 Å². The van der Waals surface area contributed by atoms with Crippen molar-refractivity contribution in [2.24, 2.45) is 0 Å². The normalized spacial score (nSPS) is 13.1. The minimum Gasteiger partial charge on any atom is -0.367 e. The van der Waals surface area contributed by atoms with E-state index in [1.165, 1.54) is 5.56 Å². The first-order valence-electron chi connectivity index (χ1n) is 13.2. The van der Waals surface area contributed by atoms with Gasteiger partial charge in [-0.2, -0.15) is 5.26 Å². The van der Waals surface area contributed by atoms with Gasteiger partial charge < -0.3 is 10.2 Å². The zero-order valence-corrected chi connectivity index (χ0v) is 24.3. The van der Waals surface area contributed by atoms with Crippen molar-refractivity contribution in [1.82, 2.24) is 8.85 Å². The van der Waals surface area contributed by atoms with E-state index in [1.54, 1.807) is 12.1 Å². The number of rotatable bonds is 7. The number of benzene rings is 4. The lowest BCUT2D eigenvalue weighted by Crippen LogP contribution is -2.30. The van der Waals surface area contributed by atoms with E-state index in [2.05, 4.69) is 38.0 Å². The SMILES string of the molecule is C[C@H](NC(=O)c1ccc2c(c1)CCCN2Cc1cccc(-c2ccccc2C(=O)NI)c1)c1ccc(C#N)cc1. The van der Waals surface area contributed by atoms with E-state index in [4.69, 9.17) is 5.26 Å². The van der Waals surface area contributed by atoms with Crippen molar-refractivity contribution in [3.63, 3.8) is 0 Å². The Morgan fingerprint density at radius 3 is 2.55 bits per heavy atom. The maximum absolute atomic E-state index is 13.1. The van der Waals surface area contributed by atoms with Gasteiger partial charge in [0.05, 0.1) is 40.5 Å². The van der Waals surface area contributed by atoms with Crippen molar-refractivity contribution in [3.05, 3.63) is 124 Å². The van der Waals surface area contributed by atoms with E-state index in [1.807, 2.05) is 90.5 Å². The predicted molar refractivity (Wildman–Crippen MR) is 166 cm³/mol. The van der Waals surface area contributed by atoms with Crippen LogP contribution in [-0.2, 0) is 13.0 Å². The molecule has 0 aliphatic carbocycles. The third-order valence-corrected chi connectivity index (χ3v) is 7.80. The Hall–Kier alpha value is -4.16. The highest BCUT2D eigenvalue weighted by Crippen LogP contribution is 2.31. The fraction of sp³-hybridized carbons (Fsp3) is 0.182. The van der Waals surface area contributed by atoms with Crippen LogP contribution in [-0.4, -0.2) is 18.4 Å². The summed E-state index contributed by atoms with van der Waals surface area (Å²) in [6, 6.07) is 31.2. The van der Waals surface area contributed by atoms with Crippen LogP contribution in [0.1, 0.15) is 62.4 Å². The summed E-state index contributed by atoms with van der Waals surface area (Å²) < 4.78 is 2.70. The zero-order chi connectivity index (χ0) is 28.1. The van der Waals surface area contributed by atoms with Gasteiger partial charge in [-0.15, -0.1) is 0 Å². The monoisotopic (exact) mass is 640 g/mol. The number of nitrogens with zero attached hydrogens (tertiary/aromatic N) is 2. The molecule has 1 heterocycles. The predicted octanol–water partition coefficient (Wildman–Crippen LogP) is 6.75. The summed E-state index contributed by atoms with van der Waals surface area (Å²) in [7, 11) is 0. The number of carbonyl (C=O) groups excluding carboxylic acids is 2. The lowest BCUT2D eigenvalue weighted by atomic mass is 9.96. The molecule has 0 unspecified atom stereocenters. The van der Waals surface area contributed by atoms with E-state index in [-0.39, 0.29) is 17.9 Å². The van der Waals surface area contributed by atoms with E-state index in [0.717, 1.165) is 53.9 Å². The molecule has 4 aromatic carbocycles. The van der Waals surface area contributed by atoms with Crippen LogP contribution in [0.2, 0.25) is 0 Å². The van der Waals surface area contributed by atoms with Crippen molar-refractivity contribution >= 4 is 40.4 Å². The van der Waals surface area contributed by atoms with Gasteiger partial charge in [0.1, 0.15) is 0 Å². The first-order valence-corrected chi connectivity index (χ1v) is 14.3. The average molecular weight is 641 g/mol. The van der Waals surface area contributed by atoms with Gasteiger partial charge in [0.15, 0.2) is 0 Å². The fourth-order valence-electron chi connectivity index (χ4n) is 5.23. The summed E-state index contributed by atoms with van der Waals surface area (Å²) in [5.41, 5.74) is 8.25. The minimum atomic E-state index is -0.173. The molecule has 0 saturated carbocycles. The number of aryl methyl sites for hydroxylation is 1. The van der Waals surface area contributed by atoms with Crippen LogP contribution in [0.5, 0.6) is 0 Å². The van der Waals surface area contributed by atoms with Crippen LogP contribution in [0.25, 0.3) is 11.1 Å². The Labute approximate surface area is 248 Å². The van der Waals surface area contributed by atoms with Crippen LogP contribution in [0.15, 0.2) is 91.0 Å². The minimum absolute atomic E-state index is 0.112. The van der Waals surface area contributed by atoms with Gasteiger partial charge in [-0.1, -0.05) is 48.5 Å². The van der Waals surface area contributed by atoms with Gasteiger partial charge in [-0.25, -0.2) is 0 Å². The van der Waals surface area contributed by atoms with E-state index in [9.17, 15) is 9.59 Å².